The fourth-order valence-corrected chi connectivity index (χ4v) is 2.74. The summed E-state index contributed by atoms with van der Waals surface area (Å²) in [7, 11) is 0. The van der Waals surface area contributed by atoms with E-state index in [1.54, 1.807) is 4.57 Å². The van der Waals surface area contributed by atoms with Gasteiger partial charge in [-0.3, -0.25) is 9.36 Å². The van der Waals surface area contributed by atoms with Gasteiger partial charge in [0.2, 0.25) is 5.88 Å². The Labute approximate surface area is 129 Å². The number of aldehydes is 1. The molecule has 0 amide bonds. The van der Waals surface area contributed by atoms with Crippen LogP contribution in [0.15, 0.2) is 42.7 Å². The Hall–Kier alpha value is -2.75. The first-order chi connectivity index (χ1) is 10.5. The summed E-state index contributed by atoms with van der Waals surface area (Å²) in [5.41, 5.74) is 4.91. The topological polar surface area (TPSA) is 47.2 Å². The van der Waals surface area contributed by atoms with E-state index >= 15 is 0 Å². The monoisotopic (exact) mass is 294 g/mol. The van der Waals surface area contributed by atoms with E-state index in [0.717, 1.165) is 23.1 Å². The van der Waals surface area contributed by atoms with E-state index in [2.05, 4.69) is 0 Å². The molecule has 0 radical (unpaired) electrons. The van der Waals surface area contributed by atoms with Gasteiger partial charge in [0.1, 0.15) is 5.69 Å². The highest BCUT2D eigenvalue weighted by Crippen LogP contribution is 2.34. The van der Waals surface area contributed by atoms with Gasteiger partial charge in [-0.2, -0.15) is 0 Å². The van der Waals surface area contributed by atoms with E-state index in [4.69, 9.17) is 0 Å². The van der Waals surface area contributed by atoms with E-state index in [1.165, 1.54) is 5.56 Å². The third-order valence-electron chi connectivity index (χ3n) is 4.13. The molecule has 22 heavy (non-hydrogen) atoms. The van der Waals surface area contributed by atoms with Crippen LogP contribution < -0.4 is 0 Å². The lowest BCUT2D eigenvalue weighted by atomic mass is 10.1. The Bertz CT molecular complexity index is 843. The lowest BCUT2D eigenvalue weighted by molar-refractivity contribution is 0.111. The number of benzene rings is 1. The van der Waals surface area contributed by atoms with Crippen molar-refractivity contribution in [2.45, 2.75) is 20.8 Å². The van der Waals surface area contributed by atoms with Gasteiger partial charge in [-0.05, 0) is 56.2 Å². The summed E-state index contributed by atoms with van der Waals surface area (Å²) in [6, 6.07) is 9.64. The average Bonchev–Trinajstić information content (AvgIpc) is 3.08. The van der Waals surface area contributed by atoms with Crippen LogP contribution in [0.3, 0.4) is 0 Å². The van der Waals surface area contributed by atoms with Crippen LogP contribution in [0.25, 0.3) is 11.4 Å². The lowest BCUT2D eigenvalue weighted by Crippen LogP contribution is -2.00. The Kier molecular flexibility index (Phi) is 3.37. The normalized spacial score (nSPS) is 10.9. The van der Waals surface area contributed by atoms with Crippen molar-refractivity contribution in [1.82, 2.24) is 9.13 Å². The van der Waals surface area contributed by atoms with Crippen molar-refractivity contribution in [1.29, 1.82) is 0 Å². The maximum Gasteiger partial charge on any atom is 0.221 e. The van der Waals surface area contributed by atoms with E-state index in [1.807, 2.05) is 68.1 Å². The van der Waals surface area contributed by atoms with Crippen LogP contribution >= 0.6 is 0 Å². The molecule has 112 valence electrons. The molecule has 0 atom stereocenters. The summed E-state index contributed by atoms with van der Waals surface area (Å²) >= 11 is 0. The first-order valence-electron chi connectivity index (χ1n) is 7.15. The molecule has 4 nitrogen and oxygen atoms in total. The molecule has 4 heteroatoms. The molecule has 2 aromatic heterocycles. The third-order valence-corrected chi connectivity index (χ3v) is 4.13. The van der Waals surface area contributed by atoms with Crippen molar-refractivity contribution in [2.75, 3.05) is 0 Å². The fraction of sp³-hybridized carbons (Fsp3) is 0.167. The summed E-state index contributed by atoms with van der Waals surface area (Å²) in [4.78, 5) is 11.6. The minimum Gasteiger partial charge on any atom is -0.493 e. The predicted molar refractivity (Wildman–Crippen MR) is 86.4 cm³/mol. The van der Waals surface area contributed by atoms with Crippen molar-refractivity contribution < 1.29 is 9.90 Å². The highest BCUT2D eigenvalue weighted by Gasteiger charge is 2.21. The Morgan fingerprint density at radius 1 is 1.05 bits per heavy atom. The molecular formula is C18H18N2O2. The predicted octanol–water partition coefficient (Wildman–Crippen LogP) is 3.71. The van der Waals surface area contributed by atoms with E-state index in [0.29, 0.717) is 11.4 Å². The molecule has 2 heterocycles. The Morgan fingerprint density at radius 3 is 2.32 bits per heavy atom. The lowest BCUT2D eigenvalue weighted by Gasteiger charge is -2.10. The van der Waals surface area contributed by atoms with Crippen molar-refractivity contribution in [2.24, 2.45) is 0 Å². The Balaban J connectivity index is 2.30. The Morgan fingerprint density at radius 2 is 1.73 bits per heavy atom. The summed E-state index contributed by atoms with van der Waals surface area (Å²) in [5, 5.41) is 10.7. The molecule has 3 aromatic rings. The van der Waals surface area contributed by atoms with Gasteiger partial charge in [0.25, 0.3) is 0 Å². The van der Waals surface area contributed by atoms with Gasteiger partial charge < -0.3 is 9.67 Å². The number of carbonyl (C=O) groups is 1. The van der Waals surface area contributed by atoms with Gasteiger partial charge in [0.15, 0.2) is 6.29 Å². The molecule has 0 aliphatic rings. The van der Waals surface area contributed by atoms with Crippen LogP contribution in [0, 0.1) is 20.8 Å². The van der Waals surface area contributed by atoms with Crippen LogP contribution in [-0.2, 0) is 0 Å². The number of hydrogen-bond donors (Lipinski definition) is 1. The number of nitrogens with zero attached hydrogens (tertiary/aromatic N) is 2. The molecule has 0 aliphatic heterocycles. The molecule has 0 bridgehead atoms. The number of carbonyl (C=O) groups excluding carboxylic acids is 1. The van der Waals surface area contributed by atoms with E-state index in [-0.39, 0.29) is 5.88 Å². The van der Waals surface area contributed by atoms with Crippen LogP contribution in [-0.4, -0.2) is 20.5 Å². The van der Waals surface area contributed by atoms with Crippen molar-refractivity contribution in [3.63, 3.8) is 0 Å². The van der Waals surface area contributed by atoms with Gasteiger partial charge in [0, 0.05) is 23.6 Å². The molecule has 1 N–H and O–H groups in total. The maximum atomic E-state index is 11.6. The zero-order valence-corrected chi connectivity index (χ0v) is 12.9. The first-order valence-corrected chi connectivity index (χ1v) is 7.15. The average molecular weight is 294 g/mol. The van der Waals surface area contributed by atoms with Crippen LogP contribution in [0.1, 0.15) is 27.2 Å². The van der Waals surface area contributed by atoms with Crippen molar-refractivity contribution >= 4 is 6.29 Å². The van der Waals surface area contributed by atoms with Gasteiger partial charge in [0.05, 0.1) is 5.69 Å². The summed E-state index contributed by atoms with van der Waals surface area (Å²) in [5.74, 6) is 0.0686. The third kappa shape index (κ3) is 2.04. The van der Waals surface area contributed by atoms with Crippen LogP contribution in [0.2, 0.25) is 0 Å². The van der Waals surface area contributed by atoms with Crippen molar-refractivity contribution in [3.8, 4) is 17.3 Å². The minimum atomic E-state index is 0.0686. The van der Waals surface area contributed by atoms with Crippen LogP contribution in [0.5, 0.6) is 5.88 Å². The molecule has 1 aromatic carbocycles. The zero-order chi connectivity index (χ0) is 15.9. The summed E-state index contributed by atoms with van der Waals surface area (Å²) < 4.78 is 3.42. The highest BCUT2D eigenvalue weighted by molar-refractivity contribution is 5.81. The quantitative estimate of drug-likeness (QED) is 0.748. The smallest absolute Gasteiger partial charge is 0.221 e. The molecule has 0 unspecified atom stereocenters. The number of aryl methyl sites for hydroxylation is 2. The molecule has 3 rings (SSSR count). The van der Waals surface area contributed by atoms with Gasteiger partial charge >= 0.3 is 0 Å². The molecule has 0 saturated carbocycles. The highest BCUT2D eigenvalue weighted by atomic mass is 16.3. The molecule has 0 fully saturated rings. The molecule has 0 spiro atoms. The van der Waals surface area contributed by atoms with Gasteiger partial charge in [-0.1, -0.05) is 6.07 Å². The van der Waals surface area contributed by atoms with Gasteiger partial charge in [-0.15, -0.1) is 0 Å². The number of rotatable bonds is 3. The SMILES string of the molecule is Cc1ccc(-n2c(O)c(-n3cccc3)c(C)c2C=O)cc1C. The number of aromatic nitrogens is 2. The maximum absolute atomic E-state index is 11.6. The van der Waals surface area contributed by atoms with Gasteiger partial charge in [-0.25, -0.2) is 0 Å². The molecular weight excluding hydrogens is 276 g/mol. The molecule has 0 saturated heterocycles. The van der Waals surface area contributed by atoms with E-state index < -0.39 is 0 Å². The number of hydrogen-bond acceptors (Lipinski definition) is 2. The first kappa shape index (κ1) is 14.2. The minimum absolute atomic E-state index is 0.0686. The molecule has 0 aliphatic carbocycles. The second-order valence-corrected chi connectivity index (χ2v) is 5.49. The second kappa shape index (κ2) is 5.22. The largest absolute Gasteiger partial charge is 0.493 e. The van der Waals surface area contributed by atoms with Crippen molar-refractivity contribution in [3.05, 3.63) is 65.1 Å². The van der Waals surface area contributed by atoms with E-state index in [9.17, 15) is 9.90 Å². The summed E-state index contributed by atoms with van der Waals surface area (Å²) in [6.45, 7) is 5.89. The number of aromatic hydroxyl groups is 1. The zero-order valence-electron chi connectivity index (χ0n) is 12.9. The fourth-order valence-electron chi connectivity index (χ4n) is 2.74. The standard InChI is InChI=1S/C18H18N2O2/c1-12-6-7-15(10-13(12)2)20-16(11-21)14(3)17(18(20)22)19-8-4-5-9-19/h4-11,22H,1-3H3. The van der Waals surface area contributed by atoms with Crippen LogP contribution in [0.4, 0.5) is 0 Å². The summed E-state index contributed by atoms with van der Waals surface area (Å²) in [6.07, 6.45) is 4.49. The second-order valence-electron chi connectivity index (χ2n) is 5.49.